The lowest BCUT2D eigenvalue weighted by Gasteiger charge is -2.19. The Morgan fingerprint density at radius 2 is 2.15 bits per heavy atom. The van der Waals surface area contributed by atoms with Crippen molar-refractivity contribution in [3.63, 3.8) is 0 Å². The Labute approximate surface area is 160 Å². The van der Waals surface area contributed by atoms with Crippen LogP contribution in [0.4, 0.5) is 11.4 Å². The summed E-state index contributed by atoms with van der Waals surface area (Å²) in [5.41, 5.74) is 2.12. The van der Waals surface area contributed by atoms with Crippen molar-refractivity contribution < 1.29 is 9.59 Å². The fourth-order valence-electron chi connectivity index (χ4n) is 3.09. The van der Waals surface area contributed by atoms with E-state index in [-0.39, 0.29) is 17.6 Å². The zero-order valence-electron chi connectivity index (χ0n) is 14.8. The highest BCUT2D eigenvalue weighted by Crippen LogP contribution is 2.30. The molecule has 138 valence electrons. The molecular weight excluding hydrogens is 364 g/mol. The number of amides is 2. The number of hydrogen-bond acceptors (Lipinski definition) is 6. The van der Waals surface area contributed by atoms with Crippen LogP contribution in [0.1, 0.15) is 12.8 Å². The van der Waals surface area contributed by atoms with Gasteiger partial charge in [0.05, 0.1) is 28.7 Å². The molecule has 27 heavy (non-hydrogen) atoms. The SMILES string of the molecule is Cn1ncc2c(SCC(=O)Nc3ccccc3N3CCCC3=O)ncnc21. The third kappa shape index (κ3) is 3.50. The molecule has 0 aliphatic carbocycles. The minimum atomic E-state index is -0.158. The third-order valence-electron chi connectivity index (χ3n) is 4.38. The van der Waals surface area contributed by atoms with Gasteiger partial charge in [-0.2, -0.15) is 5.10 Å². The zero-order chi connectivity index (χ0) is 18.8. The molecule has 0 atom stereocenters. The molecule has 3 heterocycles. The molecule has 8 nitrogen and oxygen atoms in total. The standard InChI is InChI=1S/C18H18N6O2S/c1-23-17-12(9-21-23)18(20-11-19-17)27-10-15(25)22-13-5-2-3-6-14(13)24-8-4-7-16(24)26/h2-3,5-6,9,11H,4,7-8,10H2,1H3,(H,22,25). The van der Waals surface area contributed by atoms with E-state index in [4.69, 9.17) is 0 Å². The Bertz CT molecular complexity index is 1020. The van der Waals surface area contributed by atoms with Crippen LogP contribution in [-0.2, 0) is 16.6 Å². The average Bonchev–Trinajstić information content (AvgIpc) is 3.27. The van der Waals surface area contributed by atoms with Crippen molar-refractivity contribution in [3.05, 3.63) is 36.8 Å². The quantitative estimate of drug-likeness (QED) is 0.537. The maximum Gasteiger partial charge on any atom is 0.234 e. The second-order valence-electron chi connectivity index (χ2n) is 6.19. The minimum Gasteiger partial charge on any atom is -0.324 e. The number of carbonyl (C=O) groups excluding carboxylic acids is 2. The van der Waals surface area contributed by atoms with E-state index in [1.165, 1.54) is 18.1 Å². The van der Waals surface area contributed by atoms with Gasteiger partial charge in [-0.3, -0.25) is 14.3 Å². The van der Waals surface area contributed by atoms with Crippen LogP contribution in [0.15, 0.2) is 41.8 Å². The third-order valence-corrected chi connectivity index (χ3v) is 5.38. The van der Waals surface area contributed by atoms with E-state index in [0.29, 0.717) is 23.7 Å². The van der Waals surface area contributed by atoms with Crippen molar-refractivity contribution >= 4 is 46.0 Å². The van der Waals surface area contributed by atoms with E-state index in [1.807, 2.05) is 31.3 Å². The summed E-state index contributed by atoms with van der Waals surface area (Å²) in [6, 6.07) is 7.38. The number of para-hydroxylation sites is 2. The van der Waals surface area contributed by atoms with Gasteiger partial charge in [0.2, 0.25) is 11.8 Å². The molecule has 0 bridgehead atoms. The van der Waals surface area contributed by atoms with Crippen molar-refractivity contribution in [3.8, 4) is 0 Å². The van der Waals surface area contributed by atoms with E-state index >= 15 is 0 Å². The van der Waals surface area contributed by atoms with E-state index < -0.39 is 0 Å². The summed E-state index contributed by atoms with van der Waals surface area (Å²) in [4.78, 5) is 34.7. The molecule has 1 aliphatic rings. The van der Waals surface area contributed by atoms with Crippen LogP contribution in [-0.4, -0.2) is 43.9 Å². The maximum absolute atomic E-state index is 12.5. The molecule has 2 aromatic heterocycles. The lowest BCUT2D eigenvalue weighted by atomic mass is 10.2. The summed E-state index contributed by atoms with van der Waals surface area (Å²) in [6.45, 7) is 0.681. The summed E-state index contributed by atoms with van der Waals surface area (Å²) >= 11 is 1.33. The summed E-state index contributed by atoms with van der Waals surface area (Å²) < 4.78 is 1.67. The zero-order valence-corrected chi connectivity index (χ0v) is 15.6. The van der Waals surface area contributed by atoms with Gasteiger partial charge in [0.25, 0.3) is 0 Å². The molecular formula is C18H18N6O2S. The topological polar surface area (TPSA) is 93.0 Å². The number of aromatic nitrogens is 4. The van der Waals surface area contributed by atoms with E-state index in [1.54, 1.807) is 15.8 Å². The van der Waals surface area contributed by atoms with Crippen molar-refractivity contribution in [2.75, 3.05) is 22.5 Å². The monoisotopic (exact) mass is 382 g/mol. The molecule has 3 aromatic rings. The van der Waals surface area contributed by atoms with Gasteiger partial charge in [0.15, 0.2) is 5.65 Å². The van der Waals surface area contributed by atoms with Gasteiger partial charge in [-0.1, -0.05) is 23.9 Å². The minimum absolute atomic E-state index is 0.0889. The number of nitrogens with one attached hydrogen (secondary N) is 1. The summed E-state index contributed by atoms with van der Waals surface area (Å²) in [5, 5.41) is 8.62. The molecule has 1 aromatic carbocycles. The van der Waals surface area contributed by atoms with Gasteiger partial charge in [-0.15, -0.1) is 0 Å². The maximum atomic E-state index is 12.5. The van der Waals surface area contributed by atoms with Gasteiger partial charge < -0.3 is 10.2 Å². The number of hydrogen-bond donors (Lipinski definition) is 1. The molecule has 4 rings (SSSR count). The molecule has 1 saturated heterocycles. The predicted octanol–water partition coefficient (Wildman–Crippen LogP) is 2.22. The normalized spacial score (nSPS) is 14.1. The van der Waals surface area contributed by atoms with Gasteiger partial charge in [-0.25, -0.2) is 9.97 Å². The van der Waals surface area contributed by atoms with Crippen LogP contribution in [0, 0.1) is 0 Å². The van der Waals surface area contributed by atoms with Crippen LogP contribution in [0.2, 0.25) is 0 Å². The van der Waals surface area contributed by atoms with Gasteiger partial charge in [0.1, 0.15) is 11.4 Å². The molecule has 0 radical (unpaired) electrons. The lowest BCUT2D eigenvalue weighted by Crippen LogP contribution is -2.26. The van der Waals surface area contributed by atoms with Crippen LogP contribution in [0.25, 0.3) is 11.0 Å². The molecule has 1 N–H and O–H groups in total. The number of benzene rings is 1. The first-order chi connectivity index (χ1) is 13.1. The van der Waals surface area contributed by atoms with Crippen LogP contribution in [0.5, 0.6) is 0 Å². The summed E-state index contributed by atoms with van der Waals surface area (Å²) in [7, 11) is 1.81. The molecule has 0 unspecified atom stereocenters. The van der Waals surface area contributed by atoms with Gasteiger partial charge >= 0.3 is 0 Å². The first-order valence-corrected chi connectivity index (χ1v) is 9.57. The summed E-state index contributed by atoms with van der Waals surface area (Å²) in [5.74, 6) is 0.129. The second-order valence-corrected chi connectivity index (χ2v) is 7.15. The Kier molecular flexibility index (Phi) is 4.76. The largest absolute Gasteiger partial charge is 0.324 e. The van der Waals surface area contributed by atoms with E-state index in [9.17, 15) is 9.59 Å². The molecule has 2 amide bonds. The van der Waals surface area contributed by atoms with Crippen molar-refractivity contribution in [2.45, 2.75) is 17.9 Å². The Balaban J connectivity index is 1.46. The molecule has 1 fully saturated rings. The van der Waals surface area contributed by atoms with E-state index in [0.717, 1.165) is 23.1 Å². The Morgan fingerprint density at radius 1 is 1.30 bits per heavy atom. The van der Waals surface area contributed by atoms with Crippen LogP contribution in [0.3, 0.4) is 0 Å². The molecule has 1 aliphatic heterocycles. The number of aryl methyl sites for hydroxylation is 1. The highest BCUT2D eigenvalue weighted by molar-refractivity contribution is 8.00. The molecule has 0 spiro atoms. The van der Waals surface area contributed by atoms with Crippen molar-refractivity contribution in [1.82, 2.24) is 19.7 Å². The smallest absolute Gasteiger partial charge is 0.234 e. The first kappa shape index (κ1) is 17.5. The first-order valence-electron chi connectivity index (χ1n) is 8.58. The number of fused-ring (bicyclic) bond motifs is 1. The number of thioether (sulfide) groups is 1. The molecule has 9 heteroatoms. The number of carbonyl (C=O) groups is 2. The Hall–Kier alpha value is -2.94. The van der Waals surface area contributed by atoms with Crippen LogP contribution >= 0.6 is 11.8 Å². The molecule has 0 saturated carbocycles. The highest BCUT2D eigenvalue weighted by Gasteiger charge is 2.24. The fourth-order valence-corrected chi connectivity index (χ4v) is 3.85. The van der Waals surface area contributed by atoms with Gasteiger partial charge in [-0.05, 0) is 18.6 Å². The number of nitrogens with zero attached hydrogens (tertiary/aromatic N) is 5. The average molecular weight is 382 g/mol. The van der Waals surface area contributed by atoms with E-state index in [2.05, 4.69) is 20.4 Å². The Morgan fingerprint density at radius 3 is 2.96 bits per heavy atom. The summed E-state index contributed by atoms with van der Waals surface area (Å²) in [6.07, 6.45) is 4.56. The number of anilines is 2. The van der Waals surface area contributed by atoms with Crippen molar-refractivity contribution in [1.29, 1.82) is 0 Å². The van der Waals surface area contributed by atoms with Crippen LogP contribution < -0.4 is 10.2 Å². The second kappa shape index (κ2) is 7.36. The van der Waals surface area contributed by atoms with Crippen molar-refractivity contribution in [2.24, 2.45) is 7.05 Å². The predicted molar refractivity (Wildman–Crippen MR) is 104 cm³/mol. The number of rotatable bonds is 5. The van der Waals surface area contributed by atoms with Gasteiger partial charge in [0, 0.05) is 20.0 Å². The highest BCUT2D eigenvalue weighted by atomic mass is 32.2. The fraction of sp³-hybridized carbons (Fsp3) is 0.278. The lowest BCUT2D eigenvalue weighted by molar-refractivity contribution is -0.117.